The molecule has 0 spiro atoms. The van der Waals surface area contributed by atoms with E-state index in [9.17, 15) is 0 Å². The van der Waals surface area contributed by atoms with Crippen LogP contribution in [0, 0.1) is 22.7 Å². The van der Waals surface area contributed by atoms with E-state index >= 15 is 0 Å². The van der Waals surface area contributed by atoms with Crippen LogP contribution in [-0.4, -0.2) is 28.4 Å². The minimum absolute atomic E-state index is 0.211. The molecule has 114 valence electrons. The second-order valence-electron chi connectivity index (χ2n) is 4.06. The summed E-state index contributed by atoms with van der Waals surface area (Å²) >= 11 is 14.1. The third kappa shape index (κ3) is 3.42. The fraction of sp³-hybridized carbons (Fsp3) is 0.333. The number of anilines is 2. The molecule has 2 aromatic rings. The molecule has 22 heavy (non-hydrogen) atoms. The zero-order valence-electron chi connectivity index (χ0n) is 11.4. The maximum Gasteiger partial charge on any atom is 0.162 e. The van der Waals surface area contributed by atoms with Crippen molar-refractivity contribution in [2.75, 3.05) is 29.9 Å². The summed E-state index contributed by atoms with van der Waals surface area (Å²) < 4.78 is 7.94. The summed E-state index contributed by atoms with van der Waals surface area (Å²) in [4.78, 5) is 2.00. The quantitative estimate of drug-likeness (QED) is 0.833. The minimum Gasteiger partial charge on any atom is -0.373 e. The summed E-state index contributed by atoms with van der Waals surface area (Å²) in [6.07, 6.45) is 0. The second-order valence-corrected chi connectivity index (χ2v) is 6.30. The molecule has 0 saturated heterocycles. The van der Waals surface area contributed by atoms with E-state index in [0.29, 0.717) is 35.8 Å². The molecule has 0 aromatic carbocycles. The maximum atomic E-state index is 9.14. The summed E-state index contributed by atoms with van der Waals surface area (Å²) in [6.45, 7) is 3.90. The number of hydrogen-bond acceptors (Lipinski definition) is 8. The van der Waals surface area contributed by atoms with Crippen molar-refractivity contribution >= 4 is 56.3 Å². The first kappa shape index (κ1) is 16.8. The van der Waals surface area contributed by atoms with Crippen LogP contribution >= 0.6 is 46.3 Å². The number of rotatable bonds is 6. The van der Waals surface area contributed by atoms with Crippen molar-refractivity contribution in [2.45, 2.75) is 6.92 Å². The lowest BCUT2D eigenvalue weighted by atomic mass is 10.3. The molecule has 0 aliphatic heterocycles. The monoisotopic (exact) mass is 372 g/mol. The molecule has 0 unspecified atom stereocenters. The van der Waals surface area contributed by atoms with Crippen LogP contribution in [0.25, 0.3) is 0 Å². The lowest BCUT2D eigenvalue weighted by Crippen LogP contribution is -2.28. The zero-order valence-corrected chi connectivity index (χ0v) is 14.6. The molecule has 0 fully saturated rings. The Balaban J connectivity index is 2.03. The van der Waals surface area contributed by atoms with Crippen LogP contribution in [-0.2, 0) is 0 Å². The fourth-order valence-electron chi connectivity index (χ4n) is 1.77. The van der Waals surface area contributed by atoms with Gasteiger partial charge in [0.1, 0.15) is 33.3 Å². The molecule has 0 amide bonds. The highest BCUT2D eigenvalue weighted by Gasteiger charge is 2.17. The van der Waals surface area contributed by atoms with Gasteiger partial charge in [0, 0.05) is 19.6 Å². The highest BCUT2D eigenvalue weighted by Crippen LogP contribution is 2.31. The van der Waals surface area contributed by atoms with Crippen molar-refractivity contribution in [3.63, 3.8) is 0 Å². The number of aromatic nitrogens is 2. The van der Waals surface area contributed by atoms with Gasteiger partial charge in [0.25, 0.3) is 0 Å². The van der Waals surface area contributed by atoms with E-state index in [4.69, 9.17) is 33.7 Å². The third-order valence-corrected chi connectivity index (χ3v) is 5.30. The van der Waals surface area contributed by atoms with Crippen molar-refractivity contribution in [3.8, 4) is 12.1 Å². The molecule has 1 N–H and O–H groups in total. The van der Waals surface area contributed by atoms with E-state index in [1.807, 2.05) is 17.9 Å². The van der Waals surface area contributed by atoms with Crippen LogP contribution in [0.2, 0.25) is 10.3 Å². The van der Waals surface area contributed by atoms with Crippen LogP contribution in [0.4, 0.5) is 10.0 Å². The van der Waals surface area contributed by atoms with Crippen LogP contribution in [0.3, 0.4) is 0 Å². The first-order chi connectivity index (χ1) is 10.6. The number of nitrogens with one attached hydrogen (secondary N) is 1. The van der Waals surface area contributed by atoms with E-state index in [1.54, 1.807) is 0 Å². The Morgan fingerprint density at radius 2 is 1.77 bits per heavy atom. The predicted octanol–water partition coefficient (Wildman–Crippen LogP) is 3.59. The fourth-order valence-corrected chi connectivity index (χ4v) is 3.85. The van der Waals surface area contributed by atoms with Gasteiger partial charge in [0.2, 0.25) is 0 Å². The van der Waals surface area contributed by atoms with Gasteiger partial charge in [-0.15, -0.1) is 0 Å². The Morgan fingerprint density at radius 3 is 2.41 bits per heavy atom. The molecule has 2 rings (SSSR count). The molecule has 0 radical (unpaired) electrons. The first-order valence-corrected chi connectivity index (χ1v) is 8.52. The van der Waals surface area contributed by atoms with Gasteiger partial charge in [-0.25, -0.2) is 0 Å². The van der Waals surface area contributed by atoms with Crippen molar-refractivity contribution < 1.29 is 0 Å². The lowest BCUT2D eigenvalue weighted by molar-refractivity contribution is 0.843. The van der Waals surface area contributed by atoms with Gasteiger partial charge in [-0.3, -0.25) is 0 Å². The molecule has 6 nitrogen and oxygen atoms in total. The van der Waals surface area contributed by atoms with Gasteiger partial charge < -0.3 is 10.2 Å². The van der Waals surface area contributed by atoms with Crippen molar-refractivity contribution in [2.24, 2.45) is 0 Å². The van der Waals surface area contributed by atoms with E-state index in [0.717, 1.165) is 16.5 Å². The highest BCUT2D eigenvalue weighted by molar-refractivity contribution is 7.11. The first-order valence-electron chi connectivity index (χ1n) is 6.21. The van der Waals surface area contributed by atoms with Gasteiger partial charge in [-0.1, -0.05) is 23.2 Å². The molecule has 0 atom stereocenters. The topological polar surface area (TPSA) is 88.6 Å². The molecule has 2 heterocycles. The maximum absolute atomic E-state index is 9.14. The van der Waals surface area contributed by atoms with Gasteiger partial charge in [-0.05, 0) is 30.0 Å². The van der Waals surface area contributed by atoms with Crippen LogP contribution < -0.4 is 10.2 Å². The molecule has 0 saturated carbocycles. The normalized spacial score (nSPS) is 10.0. The molecule has 0 aliphatic carbocycles. The van der Waals surface area contributed by atoms with Crippen molar-refractivity contribution in [1.29, 1.82) is 10.5 Å². The Bertz CT molecular complexity index is 742. The van der Waals surface area contributed by atoms with Gasteiger partial charge in [-0.2, -0.15) is 19.3 Å². The van der Waals surface area contributed by atoms with E-state index in [2.05, 4.69) is 20.1 Å². The van der Waals surface area contributed by atoms with E-state index < -0.39 is 0 Å². The SMILES string of the molecule is CCN(CCNc1snc(Cl)c1C#N)c1snc(Cl)c1C#N. The number of hydrogen-bond donors (Lipinski definition) is 1. The zero-order chi connectivity index (χ0) is 16.1. The second kappa shape index (κ2) is 7.61. The molecule has 0 bridgehead atoms. The molecule has 0 aliphatic rings. The minimum atomic E-state index is 0.211. The van der Waals surface area contributed by atoms with E-state index in [-0.39, 0.29) is 10.3 Å². The van der Waals surface area contributed by atoms with Crippen LogP contribution in [0.1, 0.15) is 18.1 Å². The summed E-state index contributed by atoms with van der Waals surface area (Å²) in [7, 11) is 0. The largest absolute Gasteiger partial charge is 0.373 e. The Kier molecular flexibility index (Phi) is 5.81. The summed E-state index contributed by atoms with van der Waals surface area (Å²) in [5, 5.41) is 23.1. The van der Waals surface area contributed by atoms with Gasteiger partial charge in [0.15, 0.2) is 10.3 Å². The smallest absolute Gasteiger partial charge is 0.162 e. The number of nitriles is 2. The Labute approximate surface area is 145 Å². The standard InChI is InChI=1S/C12H10Cl2N6S2/c1-2-20(12-8(6-16)10(14)19-22-12)4-3-17-11-7(5-15)9(13)18-21-11/h17H,2-4H2,1H3. The number of nitrogens with zero attached hydrogens (tertiary/aromatic N) is 5. The van der Waals surface area contributed by atoms with Gasteiger partial charge in [0.05, 0.1) is 0 Å². The van der Waals surface area contributed by atoms with Crippen molar-refractivity contribution in [3.05, 3.63) is 21.4 Å². The third-order valence-electron chi connectivity index (χ3n) is 2.84. The molecular formula is C12H10Cl2N6S2. The summed E-state index contributed by atoms with van der Waals surface area (Å²) in [6, 6.07) is 4.09. The summed E-state index contributed by atoms with van der Waals surface area (Å²) in [5.74, 6) is 0. The van der Waals surface area contributed by atoms with E-state index in [1.165, 1.54) is 11.5 Å². The predicted molar refractivity (Wildman–Crippen MR) is 90.1 cm³/mol. The van der Waals surface area contributed by atoms with Crippen molar-refractivity contribution in [1.82, 2.24) is 8.75 Å². The van der Waals surface area contributed by atoms with Crippen LogP contribution in [0.5, 0.6) is 0 Å². The Hall–Kier alpha value is -1.58. The van der Waals surface area contributed by atoms with Gasteiger partial charge >= 0.3 is 0 Å². The molecule has 10 heteroatoms. The number of halogens is 2. The summed E-state index contributed by atoms with van der Waals surface area (Å²) in [5.41, 5.74) is 0.750. The molecule has 2 aromatic heterocycles. The average molecular weight is 373 g/mol. The lowest BCUT2D eigenvalue weighted by Gasteiger charge is -2.21. The molecular weight excluding hydrogens is 363 g/mol. The highest BCUT2D eigenvalue weighted by atomic mass is 35.5. The average Bonchev–Trinajstić information content (AvgIpc) is 3.06. The Morgan fingerprint density at radius 1 is 1.14 bits per heavy atom. The number of likely N-dealkylation sites (N-methyl/N-ethyl adjacent to an activating group) is 1. The van der Waals surface area contributed by atoms with Crippen LogP contribution in [0.15, 0.2) is 0 Å².